The third-order valence-corrected chi connectivity index (χ3v) is 2.67. The van der Waals surface area contributed by atoms with E-state index in [0.29, 0.717) is 12.0 Å². The fourth-order valence-corrected chi connectivity index (χ4v) is 1.79. The van der Waals surface area contributed by atoms with Crippen LogP contribution in [0.1, 0.15) is 30.6 Å². The van der Waals surface area contributed by atoms with Gasteiger partial charge >= 0.3 is 0 Å². The summed E-state index contributed by atoms with van der Waals surface area (Å²) in [5.74, 6) is -0.218. The Kier molecular flexibility index (Phi) is 5.40. The van der Waals surface area contributed by atoms with Crippen molar-refractivity contribution in [2.24, 2.45) is 5.92 Å². The van der Waals surface area contributed by atoms with Crippen LogP contribution >= 0.6 is 22.6 Å². The highest BCUT2D eigenvalue weighted by Crippen LogP contribution is 2.07. The molecule has 2 amide bonds. The Hall–Kier alpha value is -1.11. The molecule has 0 heterocycles. The monoisotopic (exact) mass is 346 g/mol. The second-order valence-corrected chi connectivity index (χ2v) is 5.36. The zero-order chi connectivity index (χ0) is 12.8. The molecule has 0 atom stereocenters. The molecule has 1 aromatic carbocycles. The van der Waals surface area contributed by atoms with Crippen molar-refractivity contribution in [3.63, 3.8) is 0 Å². The van der Waals surface area contributed by atoms with Crippen LogP contribution in [0.2, 0.25) is 0 Å². The molecule has 17 heavy (non-hydrogen) atoms. The molecule has 0 fully saturated rings. The minimum atomic E-state index is -0.305. The van der Waals surface area contributed by atoms with Crippen LogP contribution in [0.4, 0.5) is 0 Å². The standard InChI is InChI=1S/C12H15IN2O2/c1-8(2)6-11(16)14-15-12(17)9-4-3-5-10(13)7-9/h3-5,7-8H,6H2,1-2H3,(H,14,16)(H,15,17). The molecular weight excluding hydrogens is 331 g/mol. The lowest BCUT2D eigenvalue weighted by Gasteiger charge is -2.08. The first-order chi connectivity index (χ1) is 7.99. The smallest absolute Gasteiger partial charge is 0.269 e. The van der Waals surface area contributed by atoms with Crippen LogP contribution in [0.15, 0.2) is 24.3 Å². The Morgan fingerprint density at radius 1 is 1.29 bits per heavy atom. The van der Waals surface area contributed by atoms with Crippen LogP contribution < -0.4 is 10.9 Å². The molecule has 1 aromatic rings. The second-order valence-electron chi connectivity index (χ2n) is 4.11. The Morgan fingerprint density at radius 3 is 2.59 bits per heavy atom. The van der Waals surface area contributed by atoms with Gasteiger partial charge in [0.05, 0.1) is 0 Å². The van der Waals surface area contributed by atoms with Crippen LogP contribution in [0.5, 0.6) is 0 Å². The molecule has 92 valence electrons. The van der Waals surface area contributed by atoms with E-state index >= 15 is 0 Å². The largest absolute Gasteiger partial charge is 0.273 e. The highest BCUT2D eigenvalue weighted by molar-refractivity contribution is 14.1. The van der Waals surface area contributed by atoms with Gasteiger partial charge in [0.2, 0.25) is 5.91 Å². The van der Waals surface area contributed by atoms with Gasteiger partial charge in [-0.3, -0.25) is 20.4 Å². The van der Waals surface area contributed by atoms with Gasteiger partial charge in [-0.2, -0.15) is 0 Å². The third-order valence-electron chi connectivity index (χ3n) is 2.00. The average Bonchev–Trinajstić information content (AvgIpc) is 2.25. The van der Waals surface area contributed by atoms with Crippen molar-refractivity contribution in [2.75, 3.05) is 0 Å². The third kappa shape index (κ3) is 5.16. The maximum atomic E-state index is 11.7. The van der Waals surface area contributed by atoms with Crippen LogP contribution in [-0.4, -0.2) is 11.8 Å². The molecule has 2 N–H and O–H groups in total. The van der Waals surface area contributed by atoms with Gasteiger partial charge in [0.15, 0.2) is 0 Å². The molecule has 0 spiro atoms. The number of amides is 2. The van der Waals surface area contributed by atoms with E-state index < -0.39 is 0 Å². The predicted molar refractivity (Wildman–Crippen MR) is 74.2 cm³/mol. The number of nitrogens with one attached hydrogen (secondary N) is 2. The number of hydrogen-bond acceptors (Lipinski definition) is 2. The van der Waals surface area contributed by atoms with E-state index in [2.05, 4.69) is 33.4 Å². The van der Waals surface area contributed by atoms with Crippen molar-refractivity contribution in [3.8, 4) is 0 Å². The van der Waals surface area contributed by atoms with Gasteiger partial charge in [-0.1, -0.05) is 19.9 Å². The molecule has 0 aliphatic rings. The normalized spacial score (nSPS) is 10.1. The van der Waals surface area contributed by atoms with Gasteiger partial charge in [-0.15, -0.1) is 0 Å². The number of rotatable bonds is 3. The minimum Gasteiger partial charge on any atom is -0.273 e. The molecule has 4 nitrogen and oxygen atoms in total. The molecular formula is C12H15IN2O2. The lowest BCUT2D eigenvalue weighted by molar-refractivity contribution is -0.122. The predicted octanol–water partition coefficient (Wildman–Crippen LogP) is 2.10. The van der Waals surface area contributed by atoms with Gasteiger partial charge in [0, 0.05) is 15.6 Å². The van der Waals surface area contributed by atoms with Gasteiger partial charge in [0.1, 0.15) is 0 Å². The van der Waals surface area contributed by atoms with Crippen molar-refractivity contribution >= 4 is 34.4 Å². The summed E-state index contributed by atoms with van der Waals surface area (Å²) in [7, 11) is 0. The summed E-state index contributed by atoms with van der Waals surface area (Å²) in [4.78, 5) is 23.0. The minimum absolute atomic E-state index is 0.182. The summed E-state index contributed by atoms with van der Waals surface area (Å²) in [6.07, 6.45) is 0.395. The van der Waals surface area contributed by atoms with Gasteiger partial charge < -0.3 is 0 Å². The first-order valence-electron chi connectivity index (χ1n) is 5.34. The number of hydrazine groups is 1. The fourth-order valence-electron chi connectivity index (χ4n) is 1.25. The fraction of sp³-hybridized carbons (Fsp3) is 0.333. The van der Waals surface area contributed by atoms with Gasteiger partial charge in [-0.25, -0.2) is 0 Å². The van der Waals surface area contributed by atoms with Crippen molar-refractivity contribution in [1.82, 2.24) is 10.9 Å². The Balaban J connectivity index is 2.48. The van der Waals surface area contributed by atoms with E-state index in [-0.39, 0.29) is 17.7 Å². The van der Waals surface area contributed by atoms with Crippen molar-refractivity contribution in [2.45, 2.75) is 20.3 Å². The van der Waals surface area contributed by atoms with E-state index in [9.17, 15) is 9.59 Å². The van der Waals surface area contributed by atoms with Crippen molar-refractivity contribution in [3.05, 3.63) is 33.4 Å². The summed E-state index contributed by atoms with van der Waals surface area (Å²) in [6, 6.07) is 7.15. The maximum Gasteiger partial charge on any atom is 0.269 e. The van der Waals surface area contributed by atoms with Crippen LogP contribution in [0.3, 0.4) is 0 Å². The molecule has 0 aliphatic heterocycles. The molecule has 0 bridgehead atoms. The molecule has 0 aliphatic carbocycles. The molecule has 5 heteroatoms. The van der Waals surface area contributed by atoms with Crippen LogP contribution in [0, 0.1) is 9.49 Å². The van der Waals surface area contributed by atoms with Crippen LogP contribution in [-0.2, 0) is 4.79 Å². The SMILES string of the molecule is CC(C)CC(=O)NNC(=O)c1cccc(I)c1. The first-order valence-corrected chi connectivity index (χ1v) is 6.41. The Morgan fingerprint density at radius 2 is 2.00 bits per heavy atom. The Labute approximate surface area is 114 Å². The Bertz CT molecular complexity index is 419. The molecule has 0 saturated heterocycles. The van der Waals surface area contributed by atoms with E-state index in [1.807, 2.05) is 19.9 Å². The number of halogens is 1. The lowest BCUT2D eigenvalue weighted by atomic mass is 10.1. The molecule has 1 rings (SSSR count). The number of carbonyl (C=O) groups excluding carboxylic acids is 2. The highest BCUT2D eigenvalue weighted by Gasteiger charge is 2.08. The van der Waals surface area contributed by atoms with Crippen molar-refractivity contribution in [1.29, 1.82) is 0 Å². The zero-order valence-corrected chi connectivity index (χ0v) is 11.9. The number of benzene rings is 1. The summed E-state index contributed by atoms with van der Waals surface area (Å²) in [6.45, 7) is 3.89. The molecule has 0 aromatic heterocycles. The van der Waals surface area contributed by atoms with E-state index in [1.165, 1.54) is 0 Å². The lowest BCUT2D eigenvalue weighted by Crippen LogP contribution is -2.42. The molecule has 0 radical (unpaired) electrons. The second kappa shape index (κ2) is 6.58. The quantitative estimate of drug-likeness (QED) is 0.651. The van der Waals surface area contributed by atoms with Crippen LogP contribution in [0.25, 0.3) is 0 Å². The zero-order valence-electron chi connectivity index (χ0n) is 9.79. The van der Waals surface area contributed by atoms with E-state index in [1.54, 1.807) is 18.2 Å². The first kappa shape index (κ1) is 14.0. The highest BCUT2D eigenvalue weighted by atomic mass is 127. The van der Waals surface area contributed by atoms with Crippen molar-refractivity contribution < 1.29 is 9.59 Å². The topological polar surface area (TPSA) is 58.2 Å². The summed E-state index contributed by atoms with van der Waals surface area (Å²) >= 11 is 2.13. The average molecular weight is 346 g/mol. The summed E-state index contributed by atoms with van der Waals surface area (Å²) in [5, 5.41) is 0. The van der Waals surface area contributed by atoms with Gasteiger partial charge in [-0.05, 0) is 46.7 Å². The van der Waals surface area contributed by atoms with E-state index in [4.69, 9.17) is 0 Å². The summed E-state index contributed by atoms with van der Waals surface area (Å²) < 4.78 is 0.976. The molecule has 0 unspecified atom stereocenters. The molecule has 0 saturated carbocycles. The summed E-state index contributed by atoms with van der Waals surface area (Å²) in [5.41, 5.74) is 5.31. The van der Waals surface area contributed by atoms with E-state index in [0.717, 1.165) is 3.57 Å². The number of carbonyl (C=O) groups is 2. The van der Waals surface area contributed by atoms with Gasteiger partial charge in [0.25, 0.3) is 5.91 Å². The maximum absolute atomic E-state index is 11.7. The number of hydrogen-bond donors (Lipinski definition) is 2.